The van der Waals surface area contributed by atoms with E-state index in [0.717, 1.165) is 19.6 Å². The van der Waals surface area contributed by atoms with E-state index < -0.39 is 6.04 Å². The molecule has 0 spiro atoms. The topological polar surface area (TPSA) is 65.8 Å². The van der Waals surface area contributed by atoms with E-state index in [1.165, 1.54) is 11.1 Å². The largest absolute Gasteiger partial charge is 0.459 e. The Morgan fingerprint density at radius 3 is 2.67 bits per heavy atom. The van der Waals surface area contributed by atoms with Gasteiger partial charge in [0.15, 0.2) is 5.76 Å². The number of hydrogen-bond donors (Lipinski definition) is 1. The van der Waals surface area contributed by atoms with Gasteiger partial charge in [-0.15, -0.1) is 11.3 Å². The van der Waals surface area contributed by atoms with Crippen molar-refractivity contribution in [3.63, 3.8) is 0 Å². The Balaban J connectivity index is 1.46. The van der Waals surface area contributed by atoms with Crippen molar-refractivity contribution in [2.75, 3.05) is 26.2 Å². The van der Waals surface area contributed by atoms with Gasteiger partial charge in [0.05, 0.1) is 6.26 Å². The number of thiophene rings is 1. The molecule has 7 heteroatoms. The van der Waals surface area contributed by atoms with Crippen LogP contribution in [0.5, 0.6) is 0 Å². The molecule has 6 nitrogen and oxygen atoms in total. The van der Waals surface area contributed by atoms with Crippen molar-refractivity contribution in [3.05, 3.63) is 46.5 Å². The molecule has 0 aromatic carbocycles. The molecule has 2 aromatic rings. The van der Waals surface area contributed by atoms with Crippen LogP contribution in [-0.2, 0) is 11.3 Å². The second kappa shape index (κ2) is 7.63. The van der Waals surface area contributed by atoms with Crippen LogP contribution in [-0.4, -0.2) is 53.8 Å². The number of hydrogen-bond acceptors (Lipinski definition) is 5. The number of amides is 2. The van der Waals surface area contributed by atoms with Gasteiger partial charge in [-0.1, -0.05) is 6.07 Å². The summed E-state index contributed by atoms with van der Waals surface area (Å²) in [5.41, 5.74) is 0. The summed E-state index contributed by atoms with van der Waals surface area (Å²) in [5.74, 6) is -0.196. The molecule has 24 heavy (non-hydrogen) atoms. The molecule has 1 saturated heterocycles. The minimum atomic E-state index is -0.563. The van der Waals surface area contributed by atoms with E-state index in [1.54, 1.807) is 30.4 Å². The van der Waals surface area contributed by atoms with Crippen molar-refractivity contribution in [1.82, 2.24) is 15.1 Å². The van der Waals surface area contributed by atoms with E-state index in [-0.39, 0.29) is 17.6 Å². The third-order valence-corrected chi connectivity index (χ3v) is 4.97. The van der Waals surface area contributed by atoms with E-state index in [9.17, 15) is 9.59 Å². The molecular formula is C17H21N3O3S. The molecule has 1 fully saturated rings. The lowest BCUT2D eigenvalue weighted by Gasteiger charge is -2.35. The molecule has 1 N–H and O–H groups in total. The molecule has 128 valence electrons. The normalized spacial score (nSPS) is 16.8. The first-order chi connectivity index (χ1) is 11.6. The molecule has 0 saturated carbocycles. The lowest BCUT2D eigenvalue weighted by atomic mass is 10.2. The van der Waals surface area contributed by atoms with Crippen LogP contribution in [0.2, 0.25) is 0 Å². The van der Waals surface area contributed by atoms with Gasteiger partial charge >= 0.3 is 0 Å². The summed E-state index contributed by atoms with van der Waals surface area (Å²) in [6.45, 7) is 5.72. The van der Waals surface area contributed by atoms with Crippen LogP contribution >= 0.6 is 11.3 Å². The van der Waals surface area contributed by atoms with Gasteiger partial charge in [0, 0.05) is 37.6 Å². The van der Waals surface area contributed by atoms with Crippen LogP contribution < -0.4 is 5.32 Å². The molecule has 2 aromatic heterocycles. The SMILES string of the molecule is C[C@H](NC(=O)c1ccco1)C(=O)N1CCN(Cc2cccs2)CC1. The molecule has 0 radical (unpaired) electrons. The lowest BCUT2D eigenvalue weighted by Crippen LogP contribution is -2.53. The van der Waals surface area contributed by atoms with Gasteiger partial charge in [-0.2, -0.15) is 0 Å². The number of nitrogens with one attached hydrogen (secondary N) is 1. The van der Waals surface area contributed by atoms with Crippen LogP contribution in [0, 0.1) is 0 Å². The fourth-order valence-corrected chi connectivity index (χ4v) is 3.51. The average Bonchev–Trinajstić information content (AvgIpc) is 3.28. The number of piperazine rings is 1. The van der Waals surface area contributed by atoms with Gasteiger partial charge in [0.1, 0.15) is 6.04 Å². The molecule has 3 heterocycles. The van der Waals surface area contributed by atoms with Gasteiger partial charge in [0.2, 0.25) is 5.91 Å². The maximum absolute atomic E-state index is 12.5. The molecular weight excluding hydrogens is 326 g/mol. The Morgan fingerprint density at radius 2 is 2.04 bits per heavy atom. The highest BCUT2D eigenvalue weighted by Gasteiger charge is 2.26. The molecule has 2 amide bonds. The Bertz CT molecular complexity index is 661. The highest BCUT2D eigenvalue weighted by atomic mass is 32.1. The zero-order valence-electron chi connectivity index (χ0n) is 13.6. The van der Waals surface area contributed by atoms with Gasteiger partial charge in [-0.3, -0.25) is 14.5 Å². The monoisotopic (exact) mass is 347 g/mol. The van der Waals surface area contributed by atoms with E-state index in [2.05, 4.69) is 27.7 Å². The zero-order valence-corrected chi connectivity index (χ0v) is 14.4. The molecule has 0 unspecified atom stereocenters. The maximum atomic E-state index is 12.5. The van der Waals surface area contributed by atoms with E-state index in [1.807, 2.05) is 4.90 Å². The molecule has 1 aliphatic rings. The molecule has 0 bridgehead atoms. The van der Waals surface area contributed by atoms with Crippen molar-refractivity contribution in [1.29, 1.82) is 0 Å². The molecule has 0 aliphatic carbocycles. The van der Waals surface area contributed by atoms with Crippen molar-refractivity contribution >= 4 is 23.2 Å². The highest BCUT2D eigenvalue weighted by molar-refractivity contribution is 7.09. The maximum Gasteiger partial charge on any atom is 0.287 e. The summed E-state index contributed by atoms with van der Waals surface area (Å²) in [7, 11) is 0. The highest BCUT2D eigenvalue weighted by Crippen LogP contribution is 2.14. The zero-order chi connectivity index (χ0) is 16.9. The van der Waals surface area contributed by atoms with Crippen molar-refractivity contribution in [3.8, 4) is 0 Å². The summed E-state index contributed by atoms with van der Waals surface area (Å²) < 4.78 is 5.04. The number of carbonyl (C=O) groups is 2. The summed E-state index contributed by atoms with van der Waals surface area (Å²) >= 11 is 1.76. The number of furan rings is 1. The van der Waals surface area contributed by atoms with Crippen molar-refractivity contribution < 1.29 is 14.0 Å². The second-order valence-electron chi connectivity index (χ2n) is 5.85. The van der Waals surface area contributed by atoms with E-state index in [4.69, 9.17) is 4.42 Å². The van der Waals surface area contributed by atoms with Gasteiger partial charge < -0.3 is 14.6 Å². The lowest BCUT2D eigenvalue weighted by molar-refractivity contribution is -0.134. The van der Waals surface area contributed by atoms with Crippen molar-refractivity contribution in [2.24, 2.45) is 0 Å². The van der Waals surface area contributed by atoms with Crippen LogP contribution in [0.3, 0.4) is 0 Å². The van der Waals surface area contributed by atoms with Gasteiger partial charge in [-0.05, 0) is 30.5 Å². The van der Waals surface area contributed by atoms with Crippen LogP contribution in [0.25, 0.3) is 0 Å². The standard InChI is InChI=1S/C17H21N3O3S/c1-13(18-16(21)15-5-2-10-23-15)17(22)20-8-6-19(7-9-20)12-14-4-3-11-24-14/h2-5,10-11,13H,6-9,12H2,1H3,(H,18,21)/t13-/m0/s1. The minimum Gasteiger partial charge on any atom is -0.459 e. The summed E-state index contributed by atoms with van der Waals surface area (Å²) in [6, 6.07) is 6.85. The number of nitrogens with zero attached hydrogens (tertiary/aromatic N) is 2. The molecule has 3 rings (SSSR count). The fraction of sp³-hybridized carbons (Fsp3) is 0.412. The van der Waals surface area contributed by atoms with E-state index >= 15 is 0 Å². The Hall–Kier alpha value is -2.12. The first kappa shape index (κ1) is 16.7. The Morgan fingerprint density at radius 1 is 1.25 bits per heavy atom. The molecule has 1 atom stereocenters. The average molecular weight is 347 g/mol. The first-order valence-corrected chi connectivity index (χ1v) is 8.89. The third-order valence-electron chi connectivity index (χ3n) is 4.11. The molecule has 1 aliphatic heterocycles. The fourth-order valence-electron chi connectivity index (χ4n) is 2.76. The third kappa shape index (κ3) is 4.04. The van der Waals surface area contributed by atoms with Crippen LogP contribution in [0.1, 0.15) is 22.4 Å². The summed E-state index contributed by atoms with van der Waals surface area (Å²) in [4.78, 5) is 29.9. The van der Waals surface area contributed by atoms with Crippen LogP contribution in [0.15, 0.2) is 40.3 Å². The second-order valence-corrected chi connectivity index (χ2v) is 6.89. The summed E-state index contributed by atoms with van der Waals surface area (Å²) in [6.07, 6.45) is 1.44. The predicted molar refractivity (Wildman–Crippen MR) is 91.8 cm³/mol. The number of carbonyl (C=O) groups excluding carboxylic acids is 2. The quantitative estimate of drug-likeness (QED) is 0.896. The van der Waals surface area contributed by atoms with Crippen molar-refractivity contribution in [2.45, 2.75) is 19.5 Å². The van der Waals surface area contributed by atoms with E-state index in [0.29, 0.717) is 13.1 Å². The first-order valence-electron chi connectivity index (χ1n) is 8.01. The Labute approximate surface area is 145 Å². The predicted octanol–water partition coefficient (Wildman–Crippen LogP) is 1.80. The summed E-state index contributed by atoms with van der Waals surface area (Å²) in [5, 5.41) is 4.77. The van der Waals surface area contributed by atoms with Gasteiger partial charge in [0.25, 0.3) is 5.91 Å². The van der Waals surface area contributed by atoms with Crippen LogP contribution in [0.4, 0.5) is 0 Å². The van der Waals surface area contributed by atoms with Gasteiger partial charge in [-0.25, -0.2) is 0 Å². The smallest absolute Gasteiger partial charge is 0.287 e. The Kier molecular flexibility index (Phi) is 5.32. The minimum absolute atomic E-state index is 0.0503. The number of rotatable bonds is 5.